The van der Waals surface area contributed by atoms with E-state index in [0.717, 1.165) is 23.7 Å². The van der Waals surface area contributed by atoms with Gasteiger partial charge in [-0.2, -0.15) is 0 Å². The summed E-state index contributed by atoms with van der Waals surface area (Å²) < 4.78 is 0. The summed E-state index contributed by atoms with van der Waals surface area (Å²) in [4.78, 5) is 0. The van der Waals surface area contributed by atoms with Crippen molar-refractivity contribution in [1.82, 2.24) is 5.32 Å². The van der Waals surface area contributed by atoms with Crippen molar-refractivity contribution in [3.63, 3.8) is 0 Å². The molecule has 1 nitrogen and oxygen atoms in total. The monoisotopic (exact) mass is 237 g/mol. The van der Waals surface area contributed by atoms with Crippen LogP contribution in [0.25, 0.3) is 0 Å². The van der Waals surface area contributed by atoms with Gasteiger partial charge in [0.2, 0.25) is 0 Å². The van der Waals surface area contributed by atoms with Gasteiger partial charge in [-0.05, 0) is 68.9 Å². The van der Waals surface area contributed by atoms with E-state index in [2.05, 4.69) is 19.2 Å². The molecular weight excluding hydrogens is 206 g/mol. The lowest BCUT2D eigenvalue weighted by Crippen LogP contribution is -2.30. The Balaban J connectivity index is 1.78. The van der Waals surface area contributed by atoms with Gasteiger partial charge in [-0.25, -0.2) is 0 Å². The summed E-state index contributed by atoms with van der Waals surface area (Å²) in [6.45, 7) is 7.21. The van der Waals surface area contributed by atoms with Crippen LogP contribution in [0.4, 0.5) is 0 Å². The molecule has 2 saturated carbocycles. The lowest BCUT2D eigenvalue weighted by atomic mass is 9.73. The lowest BCUT2D eigenvalue weighted by Gasteiger charge is -2.34. The van der Waals surface area contributed by atoms with Gasteiger partial charge in [0.15, 0.2) is 0 Å². The van der Waals surface area contributed by atoms with E-state index in [1.807, 2.05) is 0 Å². The topological polar surface area (TPSA) is 12.0 Å². The summed E-state index contributed by atoms with van der Waals surface area (Å²) in [5, 5.41) is 3.65. The average molecular weight is 237 g/mol. The molecule has 2 fully saturated rings. The van der Waals surface area contributed by atoms with Gasteiger partial charge in [0.05, 0.1) is 0 Å². The first kappa shape index (κ1) is 13.4. The van der Waals surface area contributed by atoms with Crippen molar-refractivity contribution in [2.24, 2.45) is 23.7 Å². The minimum Gasteiger partial charge on any atom is -0.316 e. The molecule has 1 N–H and O–H groups in total. The molecule has 0 saturated heterocycles. The molecule has 2 unspecified atom stereocenters. The van der Waals surface area contributed by atoms with Crippen molar-refractivity contribution in [1.29, 1.82) is 0 Å². The largest absolute Gasteiger partial charge is 0.316 e. The Labute approximate surface area is 108 Å². The van der Waals surface area contributed by atoms with Crippen molar-refractivity contribution >= 4 is 0 Å². The first-order valence-corrected chi connectivity index (χ1v) is 8.02. The predicted octanol–water partition coefficient (Wildman–Crippen LogP) is 4.23. The van der Waals surface area contributed by atoms with Gasteiger partial charge in [0, 0.05) is 0 Å². The van der Waals surface area contributed by atoms with Crippen LogP contribution in [0.3, 0.4) is 0 Å². The third-order valence-corrected chi connectivity index (χ3v) is 5.22. The zero-order valence-electron chi connectivity index (χ0n) is 11.9. The van der Waals surface area contributed by atoms with E-state index in [0.29, 0.717) is 0 Å². The van der Waals surface area contributed by atoms with Crippen molar-refractivity contribution in [3.8, 4) is 0 Å². The second kappa shape index (κ2) is 6.78. The summed E-state index contributed by atoms with van der Waals surface area (Å²) in [5.41, 5.74) is 0. The predicted molar refractivity (Wildman–Crippen MR) is 75.1 cm³/mol. The van der Waals surface area contributed by atoms with Crippen molar-refractivity contribution in [3.05, 3.63) is 0 Å². The van der Waals surface area contributed by atoms with Gasteiger partial charge < -0.3 is 5.32 Å². The third-order valence-electron chi connectivity index (χ3n) is 5.22. The molecule has 0 aromatic rings. The third kappa shape index (κ3) is 3.71. The Morgan fingerprint density at radius 3 is 2.47 bits per heavy atom. The molecule has 0 radical (unpaired) electrons. The van der Waals surface area contributed by atoms with E-state index in [1.165, 1.54) is 64.5 Å². The molecule has 2 rings (SSSR count). The van der Waals surface area contributed by atoms with Crippen LogP contribution in [0.5, 0.6) is 0 Å². The summed E-state index contributed by atoms with van der Waals surface area (Å²) in [7, 11) is 0. The van der Waals surface area contributed by atoms with Crippen LogP contribution in [0.2, 0.25) is 0 Å². The van der Waals surface area contributed by atoms with Gasteiger partial charge in [0.25, 0.3) is 0 Å². The lowest BCUT2D eigenvalue weighted by molar-refractivity contribution is 0.175. The fraction of sp³-hybridized carbons (Fsp3) is 1.00. The zero-order chi connectivity index (χ0) is 12.1. The molecule has 2 aliphatic rings. The molecule has 2 atom stereocenters. The quantitative estimate of drug-likeness (QED) is 0.706. The van der Waals surface area contributed by atoms with E-state index in [9.17, 15) is 0 Å². The minimum absolute atomic E-state index is 1.000. The number of nitrogens with one attached hydrogen (secondary N) is 1. The van der Waals surface area contributed by atoms with Gasteiger partial charge in [-0.15, -0.1) is 0 Å². The van der Waals surface area contributed by atoms with E-state index in [1.54, 1.807) is 0 Å². The minimum atomic E-state index is 1.000. The van der Waals surface area contributed by atoms with Crippen LogP contribution in [0.15, 0.2) is 0 Å². The number of hydrogen-bond acceptors (Lipinski definition) is 1. The highest BCUT2D eigenvalue weighted by atomic mass is 14.9. The second-order valence-corrected chi connectivity index (χ2v) is 6.58. The van der Waals surface area contributed by atoms with Crippen LogP contribution >= 0.6 is 0 Å². The highest BCUT2D eigenvalue weighted by molar-refractivity contribution is 4.86. The molecule has 2 aliphatic carbocycles. The Kier molecular flexibility index (Phi) is 5.34. The van der Waals surface area contributed by atoms with E-state index < -0.39 is 0 Å². The average Bonchev–Trinajstić information content (AvgIpc) is 2.79. The maximum atomic E-state index is 3.65. The standard InChI is InChI=1S/C16H31N/c1-3-11-17-12-15-5-4-6-16(15)14-9-7-13(2)8-10-14/h13-17H,3-12H2,1-2H3. The second-order valence-electron chi connectivity index (χ2n) is 6.58. The van der Waals surface area contributed by atoms with E-state index in [-0.39, 0.29) is 0 Å². The maximum absolute atomic E-state index is 3.65. The number of rotatable bonds is 5. The zero-order valence-corrected chi connectivity index (χ0v) is 11.9. The summed E-state index contributed by atoms with van der Waals surface area (Å²) in [6.07, 6.45) is 11.8. The molecule has 0 aromatic heterocycles. The Hall–Kier alpha value is -0.0400. The molecule has 17 heavy (non-hydrogen) atoms. The van der Waals surface area contributed by atoms with Gasteiger partial charge in [-0.3, -0.25) is 0 Å². The van der Waals surface area contributed by atoms with Crippen molar-refractivity contribution in [2.45, 2.75) is 65.2 Å². The Bertz CT molecular complexity index is 206. The molecule has 1 heteroatoms. The first-order chi connectivity index (χ1) is 8.31. The van der Waals surface area contributed by atoms with Crippen LogP contribution in [0, 0.1) is 23.7 Å². The fourth-order valence-electron chi connectivity index (χ4n) is 4.12. The van der Waals surface area contributed by atoms with E-state index >= 15 is 0 Å². The molecule has 0 aliphatic heterocycles. The molecule has 0 spiro atoms. The SMILES string of the molecule is CCCNCC1CCCC1C1CCC(C)CC1. The first-order valence-electron chi connectivity index (χ1n) is 8.02. The Morgan fingerprint density at radius 1 is 1.00 bits per heavy atom. The Morgan fingerprint density at radius 2 is 1.76 bits per heavy atom. The maximum Gasteiger partial charge on any atom is -0.00178 e. The summed E-state index contributed by atoms with van der Waals surface area (Å²) in [6, 6.07) is 0. The van der Waals surface area contributed by atoms with Gasteiger partial charge >= 0.3 is 0 Å². The highest BCUT2D eigenvalue weighted by Gasteiger charge is 2.34. The summed E-state index contributed by atoms with van der Waals surface area (Å²) in [5.74, 6) is 4.14. The van der Waals surface area contributed by atoms with Crippen LogP contribution in [-0.4, -0.2) is 13.1 Å². The van der Waals surface area contributed by atoms with Crippen molar-refractivity contribution in [2.75, 3.05) is 13.1 Å². The number of hydrogen-bond donors (Lipinski definition) is 1. The molecule has 0 aromatic carbocycles. The molecule has 100 valence electrons. The van der Waals surface area contributed by atoms with Gasteiger partial charge in [-0.1, -0.05) is 33.1 Å². The van der Waals surface area contributed by atoms with Crippen LogP contribution < -0.4 is 5.32 Å². The summed E-state index contributed by atoms with van der Waals surface area (Å²) >= 11 is 0. The van der Waals surface area contributed by atoms with Gasteiger partial charge in [0.1, 0.15) is 0 Å². The van der Waals surface area contributed by atoms with E-state index in [4.69, 9.17) is 0 Å². The molecule has 0 heterocycles. The van der Waals surface area contributed by atoms with Crippen LogP contribution in [-0.2, 0) is 0 Å². The normalized spacial score (nSPS) is 38.5. The van der Waals surface area contributed by atoms with Crippen molar-refractivity contribution < 1.29 is 0 Å². The molecular formula is C16H31N. The fourth-order valence-corrected chi connectivity index (χ4v) is 4.12. The smallest absolute Gasteiger partial charge is 0.00178 e. The highest BCUT2D eigenvalue weighted by Crippen LogP contribution is 2.43. The molecule has 0 amide bonds. The van der Waals surface area contributed by atoms with Crippen LogP contribution in [0.1, 0.15) is 65.2 Å². The molecule has 0 bridgehead atoms.